The van der Waals surface area contributed by atoms with Crippen LogP contribution in [-0.2, 0) is 10.8 Å². The standard InChI is InChI=1S/C58H41NO/c1-57(2)51-25-12-9-22-45(51)47-31-29-44(37-54(47)57)59(42-21-15-16-38(34-42)39-28-33-56-50(35-39)48-24-11-14-27-55(48)60-56)43-30-32-53-49(36-43)46-23-10-13-26-52(46)58(53,40-17-5-3-6-18-40)41-19-7-4-8-20-41/h3-37H,1-2H3. The van der Waals surface area contributed by atoms with Crippen LogP contribution in [-0.4, -0.2) is 0 Å². The Morgan fingerprint density at radius 3 is 1.70 bits per heavy atom. The van der Waals surface area contributed by atoms with Crippen LogP contribution in [0.3, 0.4) is 0 Å². The minimum Gasteiger partial charge on any atom is -0.456 e. The molecule has 2 aliphatic rings. The van der Waals surface area contributed by atoms with E-state index in [0.717, 1.165) is 50.1 Å². The van der Waals surface area contributed by atoms with E-state index < -0.39 is 5.41 Å². The van der Waals surface area contributed by atoms with Gasteiger partial charge in [-0.2, -0.15) is 0 Å². The fourth-order valence-corrected chi connectivity index (χ4v) is 10.6. The van der Waals surface area contributed by atoms with Gasteiger partial charge < -0.3 is 9.32 Å². The van der Waals surface area contributed by atoms with Crippen molar-refractivity contribution in [3.8, 4) is 33.4 Å². The molecule has 0 spiro atoms. The summed E-state index contributed by atoms with van der Waals surface area (Å²) >= 11 is 0. The van der Waals surface area contributed by atoms with Crippen LogP contribution in [0.25, 0.3) is 55.3 Å². The number of fused-ring (bicyclic) bond motifs is 9. The summed E-state index contributed by atoms with van der Waals surface area (Å²) in [5.41, 5.74) is 19.9. The maximum atomic E-state index is 6.22. The van der Waals surface area contributed by atoms with E-state index in [1.54, 1.807) is 0 Å². The first-order valence-corrected chi connectivity index (χ1v) is 20.9. The van der Waals surface area contributed by atoms with Gasteiger partial charge in [0.2, 0.25) is 0 Å². The fraction of sp³-hybridized carbons (Fsp3) is 0.0690. The highest BCUT2D eigenvalue weighted by Gasteiger charge is 2.46. The lowest BCUT2D eigenvalue weighted by atomic mass is 9.68. The zero-order valence-corrected chi connectivity index (χ0v) is 33.6. The van der Waals surface area contributed by atoms with Crippen molar-refractivity contribution in [3.05, 3.63) is 246 Å². The summed E-state index contributed by atoms with van der Waals surface area (Å²) in [6, 6.07) is 78.1. The molecule has 0 atom stereocenters. The maximum Gasteiger partial charge on any atom is 0.135 e. The van der Waals surface area contributed by atoms with E-state index >= 15 is 0 Å². The van der Waals surface area contributed by atoms with E-state index in [2.05, 4.69) is 219 Å². The molecule has 1 aromatic heterocycles. The van der Waals surface area contributed by atoms with E-state index in [4.69, 9.17) is 4.42 Å². The predicted octanol–water partition coefficient (Wildman–Crippen LogP) is 15.4. The molecule has 0 saturated carbocycles. The molecule has 0 N–H and O–H groups in total. The van der Waals surface area contributed by atoms with Crippen molar-refractivity contribution in [1.29, 1.82) is 0 Å². The molecule has 0 bridgehead atoms. The van der Waals surface area contributed by atoms with Crippen molar-refractivity contribution in [2.24, 2.45) is 0 Å². The number of para-hydroxylation sites is 1. The highest BCUT2D eigenvalue weighted by Crippen LogP contribution is 2.57. The van der Waals surface area contributed by atoms with Gasteiger partial charge in [0.1, 0.15) is 11.2 Å². The molecule has 2 aliphatic carbocycles. The largest absolute Gasteiger partial charge is 0.456 e. The fourth-order valence-electron chi connectivity index (χ4n) is 10.6. The second-order valence-electron chi connectivity index (χ2n) is 16.9. The predicted molar refractivity (Wildman–Crippen MR) is 249 cm³/mol. The van der Waals surface area contributed by atoms with E-state index in [-0.39, 0.29) is 5.41 Å². The van der Waals surface area contributed by atoms with Gasteiger partial charge in [-0.1, -0.05) is 172 Å². The molecule has 284 valence electrons. The lowest BCUT2D eigenvalue weighted by Gasteiger charge is -2.34. The number of hydrogen-bond donors (Lipinski definition) is 0. The number of hydrogen-bond acceptors (Lipinski definition) is 2. The maximum absolute atomic E-state index is 6.22. The van der Waals surface area contributed by atoms with Crippen LogP contribution in [0, 0.1) is 0 Å². The third-order valence-corrected chi connectivity index (χ3v) is 13.3. The number of anilines is 3. The average molecular weight is 768 g/mol. The third kappa shape index (κ3) is 4.94. The van der Waals surface area contributed by atoms with Gasteiger partial charge in [-0.15, -0.1) is 0 Å². The van der Waals surface area contributed by atoms with E-state index in [1.165, 1.54) is 55.6 Å². The van der Waals surface area contributed by atoms with Gasteiger partial charge in [-0.25, -0.2) is 0 Å². The van der Waals surface area contributed by atoms with Crippen molar-refractivity contribution < 1.29 is 4.42 Å². The molecule has 2 nitrogen and oxygen atoms in total. The highest BCUT2D eigenvalue weighted by atomic mass is 16.3. The smallest absolute Gasteiger partial charge is 0.135 e. The van der Waals surface area contributed by atoms with Gasteiger partial charge in [0.15, 0.2) is 0 Å². The summed E-state index contributed by atoms with van der Waals surface area (Å²) in [5, 5.41) is 2.26. The Balaban J connectivity index is 1.08. The van der Waals surface area contributed by atoms with Crippen molar-refractivity contribution in [2.45, 2.75) is 24.7 Å². The second-order valence-corrected chi connectivity index (χ2v) is 16.9. The lowest BCUT2D eigenvalue weighted by molar-refractivity contribution is 0.660. The molecule has 0 saturated heterocycles. The Labute approximate surface area is 350 Å². The first-order chi connectivity index (χ1) is 29.5. The van der Waals surface area contributed by atoms with Gasteiger partial charge in [-0.05, 0) is 121 Å². The number of furan rings is 1. The summed E-state index contributed by atoms with van der Waals surface area (Å²) < 4.78 is 6.22. The molecule has 0 aliphatic heterocycles. The van der Waals surface area contributed by atoms with Crippen LogP contribution < -0.4 is 4.90 Å². The van der Waals surface area contributed by atoms with Crippen LogP contribution in [0.5, 0.6) is 0 Å². The van der Waals surface area contributed by atoms with Gasteiger partial charge in [-0.3, -0.25) is 0 Å². The minimum atomic E-state index is -0.461. The molecule has 10 aromatic rings. The monoisotopic (exact) mass is 767 g/mol. The molecule has 2 heteroatoms. The summed E-state index contributed by atoms with van der Waals surface area (Å²) in [7, 11) is 0. The lowest BCUT2D eigenvalue weighted by Crippen LogP contribution is -2.28. The molecule has 0 radical (unpaired) electrons. The van der Waals surface area contributed by atoms with Gasteiger partial charge in [0.05, 0.1) is 5.41 Å². The molecule has 12 rings (SSSR count). The van der Waals surface area contributed by atoms with Crippen LogP contribution in [0.2, 0.25) is 0 Å². The zero-order chi connectivity index (χ0) is 40.0. The molecule has 9 aromatic carbocycles. The molecular weight excluding hydrogens is 727 g/mol. The molecule has 0 unspecified atom stereocenters. The first kappa shape index (κ1) is 34.6. The summed E-state index contributed by atoms with van der Waals surface area (Å²) in [6.45, 7) is 4.72. The molecule has 1 heterocycles. The summed E-state index contributed by atoms with van der Waals surface area (Å²) in [5.74, 6) is 0. The Morgan fingerprint density at radius 1 is 0.350 bits per heavy atom. The van der Waals surface area contributed by atoms with Crippen LogP contribution in [0.4, 0.5) is 17.1 Å². The van der Waals surface area contributed by atoms with Gasteiger partial charge >= 0.3 is 0 Å². The zero-order valence-electron chi connectivity index (χ0n) is 33.6. The third-order valence-electron chi connectivity index (χ3n) is 13.3. The molecular formula is C58H41NO. The van der Waals surface area contributed by atoms with Gasteiger partial charge in [0, 0.05) is 33.2 Å². The van der Waals surface area contributed by atoms with Crippen LogP contribution >= 0.6 is 0 Å². The van der Waals surface area contributed by atoms with E-state index in [1.807, 2.05) is 12.1 Å². The number of rotatable bonds is 6. The average Bonchev–Trinajstić information content (AvgIpc) is 3.90. The SMILES string of the molecule is CC1(C)c2ccccc2-c2ccc(N(c3cccc(-c4ccc5oc6ccccc6c5c4)c3)c3ccc4c(c3)-c3ccccc3C4(c3ccccc3)c3ccccc3)cc21. The molecule has 0 amide bonds. The van der Waals surface area contributed by atoms with Gasteiger partial charge in [0.25, 0.3) is 0 Å². The normalized spacial score (nSPS) is 14.1. The second kappa shape index (κ2) is 13.0. The number of benzene rings is 9. The Morgan fingerprint density at radius 2 is 0.917 bits per heavy atom. The summed E-state index contributed by atoms with van der Waals surface area (Å²) in [6.07, 6.45) is 0. The van der Waals surface area contributed by atoms with E-state index in [0.29, 0.717) is 0 Å². The van der Waals surface area contributed by atoms with Crippen molar-refractivity contribution >= 4 is 39.0 Å². The topological polar surface area (TPSA) is 16.4 Å². The quantitative estimate of drug-likeness (QED) is 0.168. The Kier molecular flexibility index (Phi) is 7.52. The minimum absolute atomic E-state index is 0.139. The van der Waals surface area contributed by atoms with Crippen LogP contribution in [0.1, 0.15) is 47.2 Å². The highest BCUT2D eigenvalue weighted by molar-refractivity contribution is 6.06. The molecule has 0 fully saturated rings. The number of nitrogens with zero attached hydrogens (tertiary/aromatic N) is 1. The Bertz CT molecular complexity index is 3260. The molecule has 60 heavy (non-hydrogen) atoms. The Hall–Kier alpha value is -7.42. The summed E-state index contributed by atoms with van der Waals surface area (Å²) in [4.78, 5) is 2.46. The van der Waals surface area contributed by atoms with Crippen molar-refractivity contribution in [2.75, 3.05) is 4.90 Å². The van der Waals surface area contributed by atoms with Crippen molar-refractivity contribution in [1.82, 2.24) is 0 Å². The van der Waals surface area contributed by atoms with Crippen molar-refractivity contribution in [3.63, 3.8) is 0 Å². The van der Waals surface area contributed by atoms with E-state index in [9.17, 15) is 0 Å². The first-order valence-electron chi connectivity index (χ1n) is 20.9. The van der Waals surface area contributed by atoms with Crippen LogP contribution in [0.15, 0.2) is 217 Å².